The van der Waals surface area contributed by atoms with Gasteiger partial charge >= 0.3 is 0 Å². The molecule has 0 atom stereocenters. The molecular weight excluding hydrogens is 290 g/mol. The van der Waals surface area contributed by atoms with Crippen molar-refractivity contribution < 1.29 is 0 Å². The molecule has 1 saturated carbocycles. The Labute approximate surface area is 137 Å². The van der Waals surface area contributed by atoms with Gasteiger partial charge in [0, 0.05) is 15.3 Å². The number of amidine groups is 1. The number of fused-ring (bicyclic) bond motifs is 1. The normalized spacial score (nSPS) is 26.4. The van der Waals surface area contributed by atoms with E-state index in [1.807, 2.05) is 11.3 Å². The SMILES string of the molecule is Cc1sc2c(c1C(N=CN)=NC1CCC(C)CC1)CCCC2. The minimum absolute atomic E-state index is 0.424. The quantitative estimate of drug-likeness (QED) is 0.643. The van der Waals surface area contributed by atoms with Gasteiger partial charge in [0.2, 0.25) is 0 Å². The van der Waals surface area contributed by atoms with Crippen molar-refractivity contribution in [1.82, 2.24) is 0 Å². The number of nitrogens with two attached hydrogens (primary N) is 1. The molecule has 2 aliphatic rings. The Hall–Kier alpha value is -1.16. The third kappa shape index (κ3) is 3.27. The summed E-state index contributed by atoms with van der Waals surface area (Å²) in [5, 5.41) is 0. The van der Waals surface area contributed by atoms with E-state index in [1.165, 1.54) is 73.7 Å². The second-order valence-electron chi connectivity index (χ2n) is 6.79. The lowest BCUT2D eigenvalue weighted by atomic mass is 9.87. The molecule has 3 nitrogen and oxygen atoms in total. The minimum atomic E-state index is 0.424. The average Bonchev–Trinajstić information content (AvgIpc) is 2.85. The van der Waals surface area contributed by atoms with Crippen molar-refractivity contribution in [2.45, 2.75) is 71.3 Å². The van der Waals surface area contributed by atoms with Crippen molar-refractivity contribution >= 4 is 23.5 Å². The zero-order valence-electron chi connectivity index (χ0n) is 13.8. The molecular formula is C18H27N3S. The molecule has 0 aromatic carbocycles. The van der Waals surface area contributed by atoms with Gasteiger partial charge in [0.05, 0.1) is 12.4 Å². The van der Waals surface area contributed by atoms with Crippen LogP contribution < -0.4 is 5.73 Å². The van der Waals surface area contributed by atoms with Crippen molar-refractivity contribution in [2.24, 2.45) is 21.6 Å². The molecule has 4 heteroatoms. The third-order valence-corrected chi connectivity index (χ3v) is 6.27. The maximum atomic E-state index is 5.62. The van der Waals surface area contributed by atoms with E-state index in [0.717, 1.165) is 11.8 Å². The summed E-state index contributed by atoms with van der Waals surface area (Å²) in [4.78, 5) is 12.4. The Balaban J connectivity index is 1.93. The van der Waals surface area contributed by atoms with Gasteiger partial charge in [-0.15, -0.1) is 11.3 Å². The molecule has 1 heterocycles. The van der Waals surface area contributed by atoms with Gasteiger partial charge in [-0.2, -0.15) is 0 Å². The van der Waals surface area contributed by atoms with Crippen LogP contribution >= 0.6 is 11.3 Å². The highest BCUT2D eigenvalue weighted by atomic mass is 32.1. The molecule has 1 aromatic rings. The maximum Gasteiger partial charge on any atom is 0.157 e. The zero-order valence-corrected chi connectivity index (χ0v) is 14.6. The van der Waals surface area contributed by atoms with Gasteiger partial charge in [-0.3, -0.25) is 4.99 Å². The number of hydrogen-bond donors (Lipinski definition) is 1. The van der Waals surface area contributed by atoms with E-state index in [4.69, 9.17) is 10.7 Å². The zero-order chi connectivity index (χ0) is 15.5. The molecule has 0 bridgehead atoms. The molecule has 2 aliphatic carbocycles. The molecule has 0 saturated heterocycles. The Morgan fingerprint density at radius 2 is 1.91 bits per heavy atom. The summed E-state index contributed by atoms with van der Waals surface area (Å²) in [5.41, 5.74) is 8.41. The van der Waals surface area contributed by atoms with E-state index >= 15 is 0 Å². The number of rotatable bonds is 2. The van der Waals surface area contributed by atoms with Gasteiger partial charge in [-0.05, 0) is 69.8 Å². The molecule has 0 aliphatic heterocycles. The number of aliphatic imine (C=N–C) groups is 2. The monoisotopic (exact) mass is 317 g/mol. The van der Waals surface area contributed by atoms with Crippen LogP contribution in [0, 0.1) is 12.8 Å². The maximum absolute atomic E-state index is 5.62. The predicted octanol–water partition coefficient (Wildman–Crippen LogP) is 4.25. The Bertz CT molecular complexity index is 577. The van der Waals surface area contributed by atoms with Crippen LogP contribution in [0.25, 0.3) is 0 Å². The van der Waals surface area contributed by atoms with Gasteiger partial charge in [0.15, 0.2) is 5.84 Å². The second kappa shape index (κ2) is 6.95. The molecule has 3 rings (SSSR count). The molecule has 2 N–H and O–H groups in total. The first-order valence-corrected chi connectivity index (χ1v) is 9.44. The molecule has 0 unspecified atom stereocenters. The Morgan fingerprint density at radius 1 is 1.18 bits per heavy atom. The lowest BCUT2D eigenvalue weighted by Gasteiger charge is -2.23. The highest BCUT2D eigenvalue weighted by Crippen LogP contribution is 2.35. The van der Waals surface area contributed by atoms with Gasteiger partial charge in [-0.1, -0.05) is 6.92 Å². The van der Waals surface area contributed by atoms with E-state index in [1.54, 1.807) is 4.88 Å². The van der Waals surface area contributed by atoms with Crippen molar-refractivity contribution in [3.8, 4) is 0 Å². The van der Waals surface area contributed by atoms with Crippen molar-refractivity contribution in [3.05, 3.63) is 20.9 Å². The first-order valence-electron chi connectivity index (χ1n) is 8.62. The van der Waals surface area contributed by atoms with Crippen molar-refractivity contribution in [2.75, 3.05) is 0 Å². The topological polar surface area (TPSA) is 50.7 Å². The number of hydrogen-bond acceptors (Lipinski definition) is 2. The van der Waals surface area contributed by atoms with E-state index in [-0.39, 0.29) is 0 Å². The Kier molecular flexibility index (Phi) is 4.97. The Morgan fingerprint density at radius 3 is 2.64 bits per heavy atom. The molecule has 0 spiro atoms. The standard InChI is InChI=1S/C18H27N3S/c1-12-7-9-14(10-8-12)21-18(20-11-19)17-13(2)22-16-6-4-3-5-15(16)17/h11-12,14H,3-10H2,1-2H3,(H2,19,20,21). The van der Waals surface area contributed by atoms with Crippen molar-refractivity contribution in [1.29, 1.82) is 0 Å². The van der Waals surface area contributed by atoms with Crippen LogP contribution in [0.4, 0.5) is 0 Å². The van der Waals surface area contributed by atoms with Crippen LogP contribution in [0.3, 0.4) is 0 Å². The van der Waals surface area contributed by atoms with Gasteiger partial charge in [0.1, 0.15) is 0 Å². The van der Waals surface area contributed by atoms with Crippen LogP contribution in [-0.2, 0) is 12.8 Å². The van der Waals surface area contributed by atoms with Crippen LogP contribution in [0.5, 0.6) is 0 Å². The van der Waals surface area contributed by atoms with E-state index < -0.39 is 0 Å². The highest BCUT2D eigenvalue weighted by molar-refractivity contribution is 7.12. The summed E-state index contributed by atoms with van der Waals surface area (Å²) in [5.74, 6) is 1.74. The predicted molar refractivity (Wildman–Crippen MR) is 96.3 cm³/mol. The molecule has 0 amide bonds. The first-order chi connectivity index (χ1) is 10.7. The number of thiophene rings is 1. The second-order valence-corrected chi connectivity index (χ2v) is 8.10. The number of aryl methyl sites for hydroxylation is 2. The van der Waals surface area contributed by atoms with Crippen LogP contribution in [0.1, 0.15) is 66.3 Å². The lowest BCUT2D eigenvalue weighted by Crippen LogP contribution is -2.18. The fourth-order valence-electron chi connectivity index (χ4n) is 3.77. The largest absolute Gasteiger partial charge is 0.390 e. The summed E-state index contributed by atoms with van der Waals surface area (Å²) < 4.78 is 0. The van der Waals surface area contributed by atoms with Crippen LogP contribution in [0.15, 0.2) is 9.98 Å². The molecule has 1 aromatic heterocycles. The van der Waals surface area contributed by atoms with Gasteiger partial charge in [-0.25, -0.2) is 4.99 Å². The fourth-order valence-corrected chi connectivity index (χ4v) is 5.03. The first kappa shape index (κ1) is 15.7. The molecule has 0 radical (unpaired) electrons. The van der Waals surface area contributed by atoms with Crippen molar-refractivity contribution in [3.63, 3.8) is 0 Å². The summed E-state index contributed by atoms with van der Waals surface area (Å²) in [6.45, 7) is 4.56. The van der Waals surface area contributed by atoms with E-state index in [2.05, 4.69) is 18.8 Å². The van der Waals surface area contributed by atoms with Gasteiger partial charge in [0.25, 0.3) is 0 Å². The lowest BCUT2D eigenvalue weighted by molar-refractivity contribution is 0.349. The minimum Gasteiger partial charge on any atom is -0.390 e. The van der Waals surface area contributed by atoms with E-state index in [9.17, 15) is 0 Å². The van der Waals surface area contributed by atoms with E-state index in [0.29, 0.717) is 6.04 Å². The van der Waals surface area contributed by atoms with Crippen LogP contribution in [0.2, 0.25) is 0 Å². The van der Waals surface area contributed by atoms with Gasteiger partial charge < -0.3 is 5.73 Å². The summed E-state index contributed by atoms with van der Waals surface area (Å²) in [6.07, 6.45) is 11.4. The molecule has 120 valence electrons. The summed E-state index contributed by atoms with van der Waals surface area (Å²) >= 11 is 1.94. The van der Waals surface area contributed by atoms with Crippen LogP contribution in [-0.4, -0.2) is 18.2 Å². The summed E-state index contributed by atoms with van der Waals surface area (Å²) in [6, 6.07) is 0.424. The molecule has 22 heavy (non-hydrogen) atoms. The summed E-state index contributed by atoms with van der Waals surface area (Å²) in [7, 11) is 0. The smallest absolute Gasteiger partial charge is 0.157 e. The number of nitrogens with zero attached hydrogens (tertiary/aromatic N) is 2. The highest BCUT2D eigenvalue weighted by Gasteiger charge is 2.24. The average molecular weight is 318 g/mol. The third-order valence-electron chi connectivity index (χ3n) is 5.06. The fraction of sp³-hybridized carbons (Fsp3) is 0.667. The molecule has 1 fully saturated rings.